The Labute approximate surface area is 160 Å². The van der Waals surface area contributed by atoms with E-state index in [9.17, 15) is 14.9 Å². The second-order valence-corrected chi connectivity index (χ2v) is 7.31. The predicted molar refractivity (Wildman–Crippen MR) is 108 cm³/mol. The van der Waals surface area contributed by atoms with Gasteiger partial charge >= 0.3 is 0 Å². The first-order valence-electron chi connectivity index (χ1n) is 8.26. The summed E-state index contributed by atoms with van der Waals surface area (Å²) >= 11 is 1.42. The van der Waals surface area contributed by atoms with Gasteiger partial charge < -0.3 is 10.1 Å². The molecule has 0 saturated carbocycles. The molecule has 0 heterocycles. The van der Waals surface area contributed by atoms with Crippen LogP contribution in [-0.4, -0.2) is 23.2 Å². The number of hydrogen-bond acceptors (Lipinski definition) is 5. The van der Waals surface area contributed by atoms with Gasteiger partial charge in [-0.05, 0) is 35.9 Å². The SMILES string of the molecule is COc1ccc([N+](=O)[O-])cc1NC(=O)C(C)Sc1ccc2ccccc2c1. The molecule has 27 heavy (non-hydrogen) atoms. The molecular formula is C20H18N2O4S. The average Bonchev–Trinajstić information content (AvgIpc) is 2.67. The lowest BCUT2D eigenvalue weighted by atomic mass is 10.1. The number of ether oxygens (including phenoxy) is 1. The van der Waals surface area contributed by atoms with E-state index in [0.717, 1.165) is 15.7 Å². The maximum Gasteiger partial charge on any atom is 0.271 e. The van der Waals surface area contributed by atoms with Crippen molar-refractivity contribution < 1.29 is 14.5 Å². The topological polar surface area (TPSA) is 81.5 Å². The molecule has 1 amide bonds. The molecular weight excluding hydrogens is 364 g/mol. The third-order valence-corrected chi connectivity index (χ3v) is 5.15. The fourth-order valence-corrected chi connectivity index (χ4v) is 3.56. The maximum atomic E-state index is 12.6. The predicted octanol–water partition coefficient (Wildman–Crippen LogP) is 4.88. The molecule has 0 aliphatic carbocycles. The molecule has 6 nitrogen and oxygen atoms in total. The number of anilines is 1. The molecule has 0 fully saturated rings. The normalized spacial score (nSPS) is 11.8. The molecule has 3 aromatic rings. The van der Waals surface area contributed by atoms with Gasteiger partial charge in [0.05, 0.1) is 23.0 Å². The van der Waals surface area contributed by atoms with Gasteiger partial charge in [0.2, 0.25) is 5.91 Å². The average molecular weight is 382 g/mol. The van der Waals surface area contributed by atoms with Gasteiger partial charge in [0.25, 0.3) is 5.69 Å². The Morgan fingerprint density at radius 1 is 1.11 bits per heavy atom. The second kappa shape index (κ2) is 8.09. The first-order valence-corrected chi connectivity index (χ1v) is 9.14. The van der Waals surface area contributed by atoms with Crippen molar-refractivity contribution in [2.45, 2.75) is 17.1 Å². The number of nitrogens with zero attached hydrogens (tertiary/aromatic N) is 1. The smallest absolute Gasteiger partial charge is 0.271 e. The number of carbonyl (C=O) groups is 1. The summed E-state index contributed by atoms with van der Waals surface area (Å²) in [6, 6.07) is 18.2. The van der Waals surface area contributed by atoms with E-state index in [1.54, 1.807) is 6.92 Å². The minimum absolute atomic E-state index is 0.110. The van der Waals surface area contributed by atoms with Crippen LogP contribution in [-0.2, 0) is 4.79 Å². The number of nitrogens with one attached hydrogen (secondary N) is 1. The van der Waals surface area contributed by atoms with Gasteiger partial charge in [-0.15, -0.1) is 11.8 Å². The van der Waals surface area contributed by atoms with Gasteiger partial charge in [-0.3, -0.25) is 14.9 Å². The molecule has 0 saturated heterocycles. The van der Waals surface area contributed by atoms with Gasteiger partial charge in [0.1, 0.15) is 5.75 Å². The number of thioether (sulfide) groups is 1. The lowest BCUT2D eigenvalue weighted by molar-refractivity contribution is -0.384. The number of amides is 1. The number of carbonyl (C=O) groups excluding carboxylic acids is 1. The van der Waals surface area contributed by atoms with E-state index < -0.39 is 10.2 Å². The zero-order valence-corrected chi connectivity index (χ0v) is 15.7. The Morgan fingerprint density at radius 2 is 1.85 bits per heavy atom. The van der Waals surface area contributed by atoms with E-state index in [4.69, 9.17) is 4.74 Å². The fourth-order valence-electron chi connectivity index (χ4n) is 2.64. The Morgan fingerprint density at radius 3 is 2.56 bits per heavy atom. The van der Waals surface area contributed by atoms with Crippen LogP contribution in [0.3, 0.4) is 0 Å². The highest BCUT2D eigenvalue weighted by molar-refractivity contribution is 8.00. The zero-order valence-electron chi connectivity index (χ0n) is 14.8. The highest BCUT2D eigenvalue weighted by atomic mass is 32.2. The quantitative estimate of drug-likeness (QED) is 0.373. The van der Waals surface area contributed by atoms with Crippen molar-refractivity contribution in [1.82, 2.24) is 0 Å². The van der Waals surface area contributed by atoms with Crippen LogP contribution in [0.2, 0.25) is 0 Å². The second-order valence-electron chi connectivity index (χ2n) is 5.90. The standard InChI is InChI=1S/C20H18N2O4S/c1-13(27-17-9-7-14-5-3-4-6-15(14)11-17)20(23)21-18-12-16(22(24)25)8-10-19(18)26-2/h3-13H,1-2H3,(H,21,23). The molecule has 7 heteroatoms. The lowest BCUT2D eigenvalue weighted by Crippen LogP contribution is -2.22. The highest BCUT2D eigenvalue weighted by Crippen LogP contribution is 2.31. The van der Waals surface area contributed by atoms with Gasteiger partial charge in [-0.25, -0.2) is 0 Å². The Hall–Kier alpha value is -3.06. The summed E-state index contributed by atoms with van der Waals surface area (Å²) in [5, 5.41) is 15.5. The van der Waals surface area contributed by atoms with Crippen LogP contribution in [0.25, 0.3) is 10.8 Å². The van der Waals surface area contributed by atoms with Gasteiger partial charge in [-0.2, -0.15) is 0 Å². The van der Waals surface area contributed by atoms with E-state index in [2.05, 4.69) is 5.32 Å². The number of fused-ring (bicyclic) bond motifs is 1. The van der Waals surface area contributed by atoms with E-state index in [1.165, 1.54) is 37.1 Å². The molecule has 1 N–H and O–H groups in total. The largest absolute Gasteiger partial charge is 0.495 e. The fraction of sp³-hybridized carbons (Fsp3) is 0.150. The summed E-state index contributed by atoms with van der Waals surface area (Å²) in [4.78, 5) is 24.0. The molecule has 0 spiro atoms. The number of benzene rings is 3. The van der Waals surface area contributed by atoms with Crippen molar-refractivity contribution in [3.05, 3.63) is 70.8 Å². The van der Waals surface area contributed by atoms with E-state index in [1.807, 2.05) is 42.5 Å². The van der Waals surface area contributed by atoms with Crippen molar-refractivity contribution in [1.29, 1.82) is 0 Å². The summed E-state index contributed by atoms with van der Waals surface area (Å²) in [6.45, 7) is 1.79. The minimum atomic E-state index is -0.512. The number of non-ortho nitro benzene ring substituents is 1. The molecule has 0 aliphatic heterocycles. The van der Waals surface area contributed by atoms with Gasteiger partial charge in [-0.1, -0.05) is 30.3 Å². The van der Waals surface area contributed by atoms with Crippen LogP contribution in [0, 0.1) is 10.1 Å². The highest BCUT2D eigenvalue weighted by Gasteiger charge is 2.18. The Kier molecular flexibility index (Phi) is 5.61. The van der Waals surface area contributed by atoms with Crippen LogP contribution in [0.4, 0.5) is 11.4 Å². The third kappa shape index (κ3) is 4.38. The molecule has 3 aromatic carbocycles. The van der Waals surface area contributed by atoms with Crippen molar-refractivity contribution in [2.75, 3.05) is 12.4 Å². The number of nitro groups is 1. The molecule has 0 radical (unpaired) electrons. The summed E-state index contributed by atoms with van der Waals surface area (Å²) < 4.78 is 5.18. The first-order chi connectivity index (χ1) is 13.0. The van der Waals surface area contributed by atoms with E-state index in [-0.39, 0.29) is 17.3 Å². The lowest BCUT2D eigenvalue weighted by Gasteiger charge is -2.14. The molecule has 0 aliphatic rings. The third-order valence-electron chi connectivity index (χ3n) is 4.05. The van der Waals surface area contributed by atoms with E-state index in [0.29, 0.717) is 5.75 Å². The minimum Gasteiger partial charge on any atom is -0.495 e. The van der Waals surface area contributed by atoms with Gasteiger partial charge in [0.15, 0.2) is 0 Å². The summed E-state index contributed by atoms with van der Waals surface area (Å²) in [5.74, 6) is 0.115. The van der Waals surface area contributed by atoms with Crippen molar-refractivity contribution in [2.24, 2.45) is 0 Å². The Balaban J connectivity index is 1.75. The molecule has 138 valence electrons. The van der Waals surface area contributed by atoms with E-state index >= 15 is 0 Å². The van der Waals surface area contributed by atoms with Crippen molar-refractivity contribution >= 4 is 39.8 Å². The monoisotopic (exact) mass is 382 g/mol. The number of hydrogen-bond donors (Lipinski definition) is 1. The summed E-state index contributed by atoms with van der Waals surface area (Å²) in [5.41, 5.74) is 0.170. The summed E-state index contributed by atoms with van der Waals surface area (Å²) in [6.07, 6.45) is 0. The first kappa shape index (κ1) is 18.7. The Bertz CT molecular complexity index is 1010. The molecule has 1 unspecified atom stereocenters. The van der Waals surface area contributed by atoms with Crippen LogP contribution in [0.5, 0.6) is 5.75 Å². The van der Waals surface area contributed by atoms with Crippen LogP contribution in [0.15, 0.2) is 65.6 Å². The molecule has 0 bridgehead atoms. The van der Waals surface area contributed by atoms with Crippen LogP contribution >= 0.6 is 11.8 Å². The number of rotatable bonds is 6. The van der Waals surface area contributed by atoms with Crippen molar-refractivity contribution in [3.8, 4) is 5.75 Å². The molecule has 1 atom stereocenters. The van der Waals surface area contributed by atoms with Gasteiger partial charge in [0, 0.05) is 17.0 Å². The van der Waals surface area contributed by atoms with Crippen LogP contribution in [0.1, 0.15) is 6.92 Å². The van der Waals surface area contributed by atoms with Crippen molar-refractivity contribution in [3.63, 3.8) is 0 Å². The zero-order chi connectivity index (χ0) is 19.4. The molecule has 3 rings (SSSR count). The number of methoxy groups -OCH3 is 1. The maximum absolute atomic E-state index is 12.6. The number of nitro benzene ring substituents is 1. The molecule has 0 aromatic heterocycles. The van der Waals surface area contributed by atoms with Crippen LogP contribution < -0.4 is 10.1 Å². The summed E-state index contributed by atoms with van der Waals surface area (Å²) in [7, 11) is 1.45.